The van der Waals surface area contributed by atoms with Crippen molar-refractivity contribution >= 4 is 28.5 Å². The summed E-state index contributed by atoms with van der Waals surface area (Å²) in [6, 6.07) is 7.69. The highest BCUT2D eigenvalue weighted by atomic mass is 32.1. The zero-order valence-corrected chi connectivity index (χ0v) is 11.9. The second-order valence-corrected chi connectivity index (χ2v) is 5.77. The fourth-order valence-electron chi connectivity index (χ4n) is 1.78. The number of thiazole rings is 1. The number of hydrogen-bond acceptors (Lipinski definition) is 3. The van der Waals surface area contributed by atoms with Crippen molar-refractivity contribution in [2.75, 3.05) is 0 Å². The molecule has 0 atom stereocenters. The van der Waals surface area contributed by atoms with Crippen molar-refractivity contribution in [1.82, 2.24) is 4.57 Å². The van der Waals surface area contributed by atoms with Crippen LogP contribution in [0.5, 0.6) is 0 Å². The van der Waals surface area contributed by atoms with E-state index < -0.39 is 0 Å². The fourth-order valence-corrected chi connectivity index (χ4v) is 2.73. The molecule has 0 unspecified atom stereocenters. The van der Waals surface area contributed by atoms with Gasteiger partial charge in [0.2, 0.25) is 0 Å². The number of rotatable bonds is 3. The average molecular weight is 278 g/mol. The first kappa shape index (κ1) is 13.0. The Morgan fingerprint density at radius 1 is 1.44 bits per heavy atom. The van der Waals surface area contributed by atoms with Crippen molar-refractivity contribution in [3.05, 3.63) is 55.6 Å². The van der Waals surface area contributed by atoms with Gasteiger partial charge in [-0.3, -0.25) is 9.36 Å². The minimum absolute atomic E-state index is 0.0747. The van der Waals surface area contributed by atoms with Gasteiger partial charge in [-0.25, -0.2) is 0 Å². The molecule has 0 fully saturated rings. The molecule has 0 radical (unpaired) electrons. The molecule has 94 valence electrons. The highest BCUT2D eigenvalue weighted by molar-refractivity contribution is 7.80. The largest absolute Gasteiger partial charge is 0.389 e. The first-order chi connectivity index (χ1) is 8.49. The van der Waals surface area contributed by atoms with E-state index in [-0.39, 0.29) is 4.87 Å². The zero-order chi connectivity index (χ0) is 13.3. The number of thiocarbonyl (C=S) groups is 1. The molecular formula is C13H14N2OS2. The van der Waals surface area contributed by atoms with Crippen LogP contribution in [0.3, 0.4) is 0 Å². The van der Waals surface area contributed by atoms with Crippen molar-refractivity contribution in [3.8, 4) is 0 Å². The number of nitrogens with two attached hydrogens (primary N) is 1. The lowest BCUT2D eigenvalue weighted by Crippen LogP contribution is -2.16. The fraction of sp³-hybridized carbons (Fsp3) is 0.231. The van der Waals surface area contributed by atoms with Crippen LogP contribution in [0.2, 0.25) is 0 Å². The van der Waals surface area contributed by atoms with E-state index in [2.05, 4.69) is 0 Å². The molecule has 0 saturated carbocycles. The third-order valence-corrected chi connectivity index (χ3v) is 4.16. The van der Waals surface area contributed by atoms with Gasteiger partial charge in [-0.2, -0.15) is 0 Å². The van der Waals surface area contributed by atoms with Crippen LogP contribution in [0, 0.1) is 13.8 Å². The molecule has 1 aromatic carbocycles. The standard InChI is InChI=1S/C13H14N2OS2/c1-8-9(2)18-13(16)15(8)7-10-4-3-5-11(6-10)12(14)17/h3-6H,7H2,1-2H3,(H2,14,17). The Hall–Kier alpha value is -1.46. The molecule has 2 aromatic rings. The van der Waals surface area contributed by atoms with E-state index >= 15 is 0 Å². The lowest BCUT2D eigenvalue weighted by molar-refractivity contribution is 0.751. The van der Waals surface area contributed by atoms with Gasteiger partial charge in [-0.15, -0.1) is 0 Å². The first-order valence-electron chi connectivity index (χ1n) is 5.54. The molecule has 18 heavy (non-hydrogen) atoms. The Morgan fingerprint density at radius 2 is 2.17 bits per heavy atom. The van der Waals surface area contributed by atoms with Crippen molar-refractivity contribution in [2.24, 2.45) is 5.73 Å². The maximum Gasteiger partial charge on any atom is 0.307 e. The molecule has 0 aliphatic carbocycles. The molecule has 3 nitrogen and oxygen atoms in total. The lowest BCUT2D eigenvalue weighted by Gasteiger charge is -2.07. The van der Waals surface area contributed by atoms with E-state index in [0.29, 0.717) is 11.5 Å². The molecular weight excluding hydrogens is 264 g/mol. The summed E-state index contributed by atoms with van der Waals surface area (Å²) >= 11 is 6.24. The molecule has 0 bridgehead atoms. The lowest BCUT2D eigenvalue weighted by atomic mass is 10.1. The predicted octanol–water partition coefficient (Wildman–Crippen LogP) is 2.21. The van der Waals surface area contributed by atoms with Gasteiger partial charge in [0.25, 0.3) is 0 Å². The van der Waals surface area contributed by atoms with Gasteiger partial charge in [0.05, 0.1) is 6.54 Å². The van der Waals surface area contributed by atoms with Crippen LogP contribution in [0.1, 0.15) is 21.7 Å². The summed E-state index contributed by atoms with van der Waals surface area (Å²) in [6.07, 6.45) is 0. The maximum atomic E-state index is 11.8. The van der Waals surface area contributed by atoms with E-state index in [4.69, 9.17) is 18.0 Å². The van der Waals surface area contributed by atoms with E-state index in [0.717, 1.165) is 21.7 Å². The van der Waals surface area contributed by atoms with Gasteiger partial charge in [0, 0.05) is 16.1 Å². The van der Waals surface area contributed by atoms with E-state index in [1.54, 1.807) is 4.57 Å². The number of hydrogen-bond donors (Lipinski definition) is 1. The zero-order valence-electron chi connectivity index (χ0n) is 10.3. The summed E-state index contributed by atoms with van der Waals surface area (Å²) in [5, 5.41) is 0. The van der Waals surface area contributed by atoms with Gasteiger partial charge < -0.3 is 5.73 Å². The van der Waals surface area contributed by atoms with Gasteiger partial charge in [-0.05, 0) is 25.5 Å². The second kappa shape index (κ2) is 5.04. The molecule has 2 rings (SSSR count). The van der Waals surface area contributed by atoms with E-state index in [1.807, 2.05) is 38.1 Å². The third-order valence-electron chi connectivity index (χ3n) is 2.93. The molecule has 5 heteroatoms. The van der Waals surface area contributed by atoms with E-state index in [9.17, 15) is 4.79 Å². The number of aryl methyl sites for hydroxylation is 1. The highest BCUT2D eigenvalue weighted by Gasteiger charge is 2.08. The Balaban J connectivity index is 2.37. The molecule has 0 amide bonds. The Bertz CT molecular complexity index is 655. The van der Waals surface area contributed by atoms with Crippen molar-refractivity contribution < 1.29 is 0 Å². The van der Waals surface area contributed by atoms with Crippen LogP contribution in [0.25, 0.3) is 0 Å². The number of benzene rings is 1. The highest BCUT2D eigenvalue weighted by Crippen LogP contribution is 2.13. The van der Waals surface area contributed by atoms with Crippen molar-refractivity contribution in [2.45, 2.75) is 20.4 Å². The van der Waals surface area contributed by atoms with Gasteiger partial charge in [-0.1, -0.05) is 41.8 Å². The summed E-state index contributed by atoms with van der Waals surface area (Å²) in [7, 11) is 0. The Labute approximate surface area is 115 Å². The van der Waals surface area contributed by atoms with E-state index in [1.165, 1.54) is 11.3 Å². The maximum absolute atomic E-state index is 11.8. The van der Waals surface area contributed by atoms with Crippen molar-refractivity contribution in [3.63, 3.8) is 0 Å². The van der Waals surface area contributed by atoms with Crippen LogP contribution < -0.4 is 10.6 Å². The van der Waals surface area contributed by atoms with Gasteiger partial charge in [0.15, 0.2) is 0 Å². The summed E-state index contributed by atoms with van der Waals surface area (Å²) < 4.78 is 1.78. The topological polar surface area (TPSA) is 48.0 Å². The summed E-state index contributed by atoms with van der Waals surface area (Å²) in [4.78, 5) is 13.3. The monoisotopic (exact) mass is 278 g/mol. The van der Waals surface area contributed by atoms with Crippen LogP contribution in [-0.2, 0) is 6.54 Å². The molecule has 0 aliphatic rings. The predicted molar refractivity (Wildman–Crippen MR) is 79.5 cm³/mol. The SMILES string of the molecule is Cc1sc(=O)n(Cc2cccc(C(N)=S)c2)c1C. The second-order valence-electron chi connectivity index (χ2n) is 4.16. The minimum atomic E-state index is 0.0747. The van der Waals surface area contributed by atoms with Crippen LogP contribution >= 0.6 is 23.6 Å². The molecule has 0 spiro atoms. The normalized spacial score (nSPS) is 10.6. The average Bonchev–Trinajstić information content (AvgIpc) is 2.56. The molecule has 1 heterocycles. The number of aromatic nitrogens is 1. The molecule has 2 N–H and O–H groups in total. The minimum Gasteiger partial charge on any atom is -0.389 e. The summed E-state index contributed by atoms with van der Waals surface area (Å²) in [5.41, 5.74) is 8.49. The quantitative estimate of drug-likeness (QED) is 0.876. The summed E-state index contributed by atoms with van der Waals surface area (Å²) in [5.74, 6) is 0. The molecule has 1 aromatic heterocycles. The van der Waals surface area contributed by atoms with Gasteiger partial charge >= 0.3 is 4.87 Å². The van der Waals surface area contributed by atoms with Crippen LogP contribution in [-0.4, -0.2) is 9.56 Å². The third kappa shape index (κ3) is 2.52. The van der Waals surface area contributed by atoms with Crippen LogP contribution in [0.15, 0.2) is 29.1 Å². The first-order valence-corrected chi connectivity index (χ1v) is 6.77. The number of nitrogens with zero attached hydrogens (tertiary/aromatic N) is 1. The smallest absolute Gasteiger partial charge is 0.307 e. The summed E-state index contributed by atoms with van der Waals surface area (Å²) in [6.45, 7) is 4.49. The Morgan fingerprint density at radius 3 is 2.72 bits per heavy atom. The Kier molecular flexibility index (Phi) is 3.63. The van der Waals surface area contributed by atoms with Gasteiger partial charge in [0.1, 0.15) is 4.99 Å². The van der Waals surface area contributed by atoms with Crippen molar-refractivity contribution in [1.29, 1.82) is 0 Å². The molecule has 0 aliphatic heterocycles. The molecule has 0 saturated heterocycles. The van der Waals surface area contributed by atoms with Crippen LogP contribution in [0.4, 0.5) is 0 Å².